The van der Waals surface area contributed by atoms with E-state index in [0.29, 0.717) is 5.75 Å². The van der Waals surface area contributed by atoms with Crippen molar-refractivity contribution in [2.45, 2.75) is 44.0 Å². The highest BCUT2D eigenvalue weighted by atomic mass is 32.2. The fourth-order valence-electron chi connectivity index (χ4n) is 4.03. The molecule has 2 aromatic heterocycles. The molecule has 0 N–H and O–H groups in total. The van der Waals surface area contributed by atoms with Gasteiger partial charge in [0.2, 0.25) is 5.95 Å². The molecule has 0 radical (unpaired) electrons. The molecule has 8 heteroatoms. The van der Waals surface area contributed by atoms with Crippen molar-refractivity contribution in [1.29, 1.82) is 0 Å². The second kappa shape index (κ2) is 9.60. The van der Waals surface area contributed by atoms with Crippen LogP contribution in [0, 0.1) is 13.8 Å². The molecule has 1 aliphatic rings. The third kappa shape index (κ3) is 4.35. The summed E-state index contributed by atoms with van der Waals surface area (Å²) < 4.78 is 13.3. The number of aromatic nitrogens is 4. The summed E-state index contributed by atoms with van der Waals surface area (Å²) in [7, 11) is 3.40. The monoisotopic (exact) mass is 439 g/mol. The van der Waals surface area contributed by atoms with Gasteiger partial charge >= 0.3 is 0 Å². The van der Waals surface area contributed by atoms with Gasteiger partial charge in [0.25, 0.3) is 0 Å². The van der Waals surface area contributed by atoms with E-state index in [1.807, 2.05) is 31.3 Å². The lowest BCUT2D eigenvalue weighted by molar-refractivity contribution is 0.407. The average Bonchev–Trinajstić information content (AvgIpc) is 3.23. The van der Waals surface area contributed by atoms with Gasteiger partial charge in [-0.3, -0.25) is 9.55 Å². The van der Waals surface area contributed by atoms with Gasteiger partial charge in [0, 0.05) is 36.2 Å². The van der Waals surface area contributed by atoms with Crippen LogP contribution in [0.5, 0.6) is 11.5 Å². The second-order valence-corrected chi connectivity index (χ2v) is 8.61. The van der Waals surface area contributed by atoms with E-state index in [9.17, 15) is 0 Å². The first-order chi connectivity index (χ1) is 15.1. The van der Waals surface area contributed by atoms with E-state index in [2.05, 4.69) is 37.6 Å². The smallest absolute Gasteiger partial charge is 0.232 e. The number of anilines is 1. The van der Waals surface area contributed by atoms with E-state index < -0.39 is 0 Å². The summed E-state index contributed by atoms with van der Waals surface area (Å²) >= 11 is 1.63. The van der Waals surface area contributed by atoms with Crippen molar-refractivity contribution in [2.75, 3.05) is 32.2 Å². The highest BCUT2D eigenvalue weighted by Crippen LogP contribution is 2.35. The molecule has 0 amide bonds. The Kier molecular flexibility index (Phi) is 6.65. The lowest BCUT2D eigenvalue weighted by Gasteiger charge is -2.28. The minimum Gasteiger partial charge on any atom is -0.496 e. The molecule has 7 nitrogen and oxygen atoms in total. The number of pyridine rings is 1. The third-order valence-electron chi connectivity index (χ3n) is 5.67. The van der Waals surface area contributed by atoms with E-state index in [-0.39, 0.29) is 0 Å². The summed E-state index contributed by atoms with van der Waals surface area (Å²) in [5.41, 5.74) is 4.04. The van der Waals surface area contributed by atoms with E-state index in [1.165, 1.54) is 19.3 Å². The Morgan fingerprint density at radius 2 is 1.77 bits per heavy atom. The SMILES string of the molecule is COc1ccccc1-n1c(SCc2ncc(C)c(OC)c2C)nnc1N1CCCCC1. The van der Waals surface area contributed by atoms with Gasteiger partial charge in [-0.2, -0.15) is 0 Å². The molecule has 1 fully saturated rings. The summed E-state index contributed by atoms with van der Waals surface area (Å²) in [6, 6.07) is 8.02. The van der Waals surface area contributed by atoms with E-state index in [4.69, 9.17) is 9.47 Å². The van der Waals surface area contributed by atoms with Gasteiger partial charge in [0.15, 0.2) is 5.16 Å². The minimum atomic E-state index is 0.676. The van der Waals surface area contributed by atoms with Gasteiger partial charge in [0.05, 0.1) is 25.6 Å². The van der Waals surface area contributed by atoms with Crippen LogP contribution in [0.2, 0.25) is 0 Å². The fraction of sp³-hybridized carbons (Fsp3) is 0.435. The Labute approximate surface area is 187 Å². The molecule has 31 heavy (non-hydrogen) atoms. The summed E-state index contributed by atoms with van der Waals surface area (Å²) in [5.74, 6) is 3.24. The van der Waals surface area contributed by atoms with Gasteiger partial charge < -0.3 is 14.4 Å². The molecular weight excluding hydrogens is 410 g/mol. The number of benzene rings is 1. The number of nitrogens with zero attached hydrogens (tertiary/aromatic N) is 5. The maximum absolute atomic E-state index is 5.66. The largest absolute Gasteiger partial charge is 0.496 e. The number of aryl methyl sites for hydroxylation is 1. The zero-order valence-corrected chi connectivity index (χ0v) is 19.4. The van der Waals surface area contributed by atoms with Crippen molar-refractivity contribution >= 4 is 17.7 Å². The molecule has 1 aliphatic heterocycles. The van der Waals surface area contributed by atoms with Crippen LogP contribution in [0.1, 0.15) is 36.1 Å². The van der Waals surface area contributed by atoms with Crippen molar-refractivity contribution in [3.8, 4) is 17.2 Å². The number of thioether (sulfide) groups is 1. The Hall–Kier alpha value is -2.74. The molecule has 1 saturated heterocycles. The van der Waals surface area contributed by atoms with Gasteiger partial charge in [-0.05, 0) is 45.2 Å². The van der Waals surface area contributed by atoms with Crippen molar-refractivity contribution in [1.82, 2.24) is 19.7 Å². The summed E-state index contributed by atoms with van der Waals surface area (Å²) in [5, 5.41) is 9.98. The highest BCUT2D eigenvalue weighted by Gasteiger charge is 2.23. The van der Waals surface area contributed by atoms with Crippen LogP contribution in [0.4, 0.5) is 5.95 Å². The van der Waals surface area contributed by atoms with Gasteiger partial charge in [-0.1, -0.05) is 23.9 Å². The molecule has 1 aromatic carbocycles. The summed E-state index contributed by atoms with van der Waals surface area (Å²) in [4.78, 5) is 6.97. The molecule has 3 heterocycles. The van der Waals surface area contributed by atoms with Gasteiger partial charge in [0.1, 0.15) is 11.5 Å². The molecule has 0 atom stereocenters. The number of hydrogen-bond acceptors (Lipinski definition) is 7. The van der Waals surface area contributed by atoms with Crippen LogP contribution in [-0.4, -0.2) is 47.1 Å². The molecule has 164 valence electrons. The molecule has 0 saturated carbocycles. The predicted molar refractivity (Wildman–Crippen MR) is 124 cm³/mol. The zero-order chi connectivity index (χ0) is 21.8. The van der Waals surface area contributed by atoms with Crippen LogP contribution >= 0.6 is 11.8 Å². The normalized spacial score (nSPS) is 14.0. The first-order valence-electron chi connectivity index (χ1n) is 10.6. The molecule has 3 aromatic rings. The standard InChI is InChI=1S/C23H29N5O2S/c1-16-14-24-18(17(2)21(16)30-4)15-31-23-26-25-22(27-12-8-5-9-13-27)28(23)19-10-6-7-11-20(19)29-3/h6-7,10-11,14H,5,8-9,12-13,15H2,1-4H3. The molecule has 0 unspecified atom stereocenters. The maximum Gasteiger partial charge on any atom is 0.232 e. The van der Waals surface area contributed by atoms with Gasteiger partial charge in [-0.25, -0.2) is 0 Å². The Morgan fingerprint density at radius 3 is 2.52 bits per heavy atom. The van der Waals surface area contributed by atoms with Crippen molar-refractivity contribution in [2.24, 2.45) is 0 Å². The molecule has 0 spiro atoms. The maximum atomic E-state index is 5.66. The lowest BCUT2D eigenvalue weighted by Crippen LogP contribution is -2.31. The average molecular weight is 440 g/mol. The highest BCUT2D eigenvalue weighted by molar-refractivity contribution is 7.98. The van der Waals surface area contributed by atoms with Crippen molar-refractivity contribution in [3.05, 3.63) is 47.3 Å². The van der Waals surface area contributed by atoms with Crippen LogP contribution in [0.3, 0.4) is 0 Å². The third-order valence-corrected chi connectivity index (χ3v) is 6.61. The second-order valence-electron chi connectivity index (χ2n) is 7.67. The fourth-order valence-corrected chi connectivity index (χ4v) is 4.99. The lowest BCUT2D eigenvalue weighted by atomic mass is 10.1. The number of ether oxygens (including phenoxy) is 2. The number of rotatable bonds is 7. The van der Waals surface area contributed by atoms with Gasteiger partial charge in [-0.15, -0.1) is 10.2 Å². The topological polar surface area (TPSA) is 65.3 Å². The minimum absolute atomic E-state index is 0.676. The van der Waals surface area contributed by atoms with E-state index in [0.717, 1.165) is 58.2 Å². The number of hydrogen-bond donors (Lipinski definition) is 0. The van der Waals surface area contributed by atoms with Crippen molar-refractivity contribution in [3.63, 3.8) is 0 Å². The molecular formula is C23H29N5O2S. The number of methoxy groups -OCH3 is 2. The van der Waals surface area contributed by atoms with E-state index in [1.54, 1.807) is 26.0 Å². The number of para-hydroxylation sites is 2. The van der Waals surface area contributed by atoms with Crippen molar-refractivity contribution < 1.29 is 9.47 Å². The first-order valence-corrected chi connectivity index (χ1v) is 11.6. The molecule has 0 aliphatic carbocycles. The van der Waals surface area contributed by atoms with E-state index >= 15 is 0 Å². The molecule has 4 rings (SSSR count). The van der Waals surface area contributed by atoms with Crippen LogP contribution in [0.15, 0.2) is 35.6 Å². The number of piperidine rings is 1. The first kappa shape index (κ1) is 21.5. The molecule has 0 bridgehead atoms. The Morgan fingerprint density at radius 1 is 1.00 bits per heavy atom. The van der Waals surface area contributed by atoms with Crippen LogP contribution in [0.25, 0.3) is 5.69 Å². The summed E-state index contributed by atoms with van der Waals surface area (Å²) in [6.45, 7) is 6.05. The quantitative estimate of drug-likeness (QED) is 0.499. The summed E-state index contributed by atoms with van der Waals surface area (Å²) in [6.07, 6.45) is 5.48. The Balaban J connectivity index is 1.70. The Bertz CT molecular complexity index is 1050. The van der Waals surface area contributed by atoms with Crippen LogP contribution < -0.4 is 14.4 Å². The zero-order valence-electron chi connectivity index (χ0n) is 18.6. The predicted octanol–water partition coefficient (Wildman–Crippen LogP) is 4.58. The van der Waals surface area contributed by atoms with Crippen LogP contribution in [-0.2, 0) is 5.75 Å².